The van der Waals surface area contributed by atoms with Crippen molar-refractivity contribution >= 4 is 30.0 Å². The van der Waals surface area contributed by atoms with Gasteiger partial charge >= 0.3 is 0 Å². The van der Waals surface area contributed by atoms with Crippen molar-refractivity contribution in [3.8, 4) is 0 Å². The van der Waals surface area contributed by atoms with Gasteiger partial charge in [-0.1, -0.05) is 27.7 Å². The molecule has 1 aliphatic heterocycles. The van der Waals surface area contributed by atoms with Gasteiger partial charge < -0.3 is 19.4 Å². The second-order valence-electron chi connectivity index (χ2n) is 8.82. The first-order valence-corrected chi connectivity index (χ1v) is 12.1. The number of nitrogens with one attached hydrogen (secondary N) is 1. The third kappa shape index (κ3) is 4.65. The van der Waals surface area contributed by atoms with Crippen LogP contribution >= 0.6 is 7.14 Å². The number of alkyl halides is 1. The zero-order valence-corrected chi connectivity index (χ0v) is 18.3. The van der Waals surface area contributed by atoms with Gasteiger partial charge in [-0.2, -0.15) is 0 Å². The number of carbonyl (C=O) groups is 1. The first-order valence-electron chi connectivity index (χ1n) is 9.32. The van der Waals surface area contributed by atoms with Gasteiger partial charge in [0.2, 0.25) is 5.91 Å². The number of halogens is 1. The van der Waals surface area contributed by atoms with Crippen LogP contribution in [-0.4, -0.2) is 57.6 Å². The van der Waals surface area contributed by atoms with Crippen molar-refractivity contribution in [3.05, 3.63) is 12.7 Å². The Morgan fingerprint density at radius 3 is 2.66 bits per heavy atom. The van der Waals surface area contributed by atoms with Crippen molar-refractivity contribution in [3.63, 3.8) is 0 Å². The van der Waals surface area contributed by atoms with Gasteiger partial charge in [-0.05, 0) is 13.3 Å². The molecule has 1 fully saturated rings. The van der Waals surface area contributed by atoms with Crippen LogP contribution in [0.2, 0.25) is 0 Å². The predicted octanol–water partition coefficient (Wildman–Crippen LogP) is 3.24. The number of ether oxygens (including phenoxy) is 2. The number of imidazole rings is 1. The van der Waals surface area contributed by atoms with Crippen LogP contribution in [0.4, 0.5) is 10.2 Å². The molecule has 1 saturated heterocycles. The maximum absolute atomic E-state index is 15.0. The van der Waals surface area contributed by atoms with Gasteiger partial charge in [0.15, 0.2) is 35.7 Å². The zero-order valence-electron chi connectivity index (χ0n) is 17.4. The van der Waals surface area contributed by atoms with E-state index in [-0.39, 0.29) is 18.1 Å². The van der Waals surface area contributed by atoms with Gasteiger partial charge in [-0.15, -0.1) is 0 Å². The van der Waals surface area contributed by atoms with E-state index in [0.29, 0.717) is 11.2 Å². The van der Waals surface area contributed by atoms with Gasteiger partial charge in [-0.25, -0.2) is 19.3 Å². The highest BCUT2D eigenvalue weighted by Gasteiger charge is 2.45. The van der Waals surface area contributed by atoms with Gasteiger partial charge in [0.1, 0.15) is 19.8 Å². The Kier molecular flexibility index (Phi) is 5.82. The number of nitrogens with zero attached hydrogens (tertiary/aromatic N) is 4. The van der Waals surface area contributed by atoms with Gasteiger partial charge in [0.25, 0.3) is 0 Å². The van der Waals surface area contributed by atoms with Crippen LogP contribution in [0.15, 0.2) is 12.7 Å². The standard InChI is InChI=1S/C18H27FN5O4P/c1-10-11(19)15(28-16(10)27-9-29(5,6)26)24-8-22-12-13(20-7-21-14(12)24)23-17(25)18(2,3)4/h7-8,10-11,15-16H,9H2,1-6H3,(H,20,21,23,25)/t10-,11-,15+,16-/m0/s1. The Balaban J connectivity index is 1.86. The van der Waals surface area contributed by atoms with Crippen LogP contribution in [0.3, 0.4) is 0 Å². The van der Waals surface area contributed by atoms with E-state index in [4.69, 9.17) is 9.47 Å². The molecule has 1 aliphatic rings. The second kappa shape index (κ2) is 7.74. The topological polar surface area (TPSA) is 108 Å². The summed E-state index contributed by atoms with van der Waals surface area (Å²) in [6.45, 7) is 10.2. The van der Waals surface area contributed by atoms with Crippen LogP contribution in [0, 0.1) is 11.3 Å². The summed E-state index contributed by atoms with van der Waals surface area (Å²) < 4.78 is 39.7. The number of fused-ring (bicyclic) bond motifs is 1. The molecule has 0 bridgehead atoms. The van der Waals surface area contributed by atoms with Gasteiger partial charge in [0.05, 0.1) is 6.33 Å². The summed E-state index contributed by atoms with van der Waals surface area (Å²) >= 11 is 0. The third-order valence-electron chi connectivity index (χ3n) is 4.57. The number of anilines is 1. The lowest BCUT2D eigenvalue weighted by Crippen LogP contribution is -2.28. The van der Waals surface area contributed by atoms with Crippen molar-refractivity contribution in [1.82, 2.24) is 19.5 Å². The number of hydrogen-bond acceptors (Lipinski definition) is 7. The van der Waals surface area contributed by atoms with E-state index in [1.54, 1.807) is 41.0 Å². The second-order valence-corrected chi connectivity index (χ2v) is 12.2. The lowest BCUT2D eigenvalue weighted by Gasteiger charge is -2.18. The minimum absolute atomic E-state index is 0.0112. The highest BCUT2D eigenvalue weighted by Crippen LogP contribution is 2.42. The number of aromatic nitrogens is 4. The van der Waals surface area contributed by atoms with Crippen LogP contribution in [0.1, 0.15) is 33.9 Å². The molecule has 0 saturated carbocycles. The summed E-state index contributed by atoms with van der Waals surface area (Å²) in [6.07, 6.45) is -0.520. The van der Waals surface area contributed by atoms with E-state index in [0.717, 1.165) is 0 Å². The van der Waals surface area contributed by atoms with Gasteiger partial charge in [-0.3, -0.25) is 9.36 Å². The molecule has 0 spiro atoms. The van der Waals surface area contributed by atoms with Crippen molar-refractivity contribution in [1.29, 1.82) is 0 Å². The summed E-state index contributed by atoms with van der Waals surface area (Å²) in [7, 11) is -2.42. The third-order valence-corrected chi connectivity index (χ3v) is 5.34. The molecule has 160 valence electrons. The molecule has 4 atom stereocenters. The van der Waals surface area contributed by atoms with Crippen LogP contribution in [0.5, 0.6) is 0 Å². The molecular weight excluding hydrogens is 400 g/mol. The lowest BCUT2D eigenvalue weighted by molar-refractivity contribution is -0.151. The molecule has 29 heavy (non-hydrogen) atoms. The summed E-state index contributed by atoms with van der Waals surface area (Å²) in [5.74, 6) is -0.537. The Bertz CT molecular complexity index is 953. The first-order chi connectivity index (χ1) is 13.4. The summed E-state index contributed by atoms with van der Waals surface area (Å²) in [5.41, 5.74) is 0.0575. The molecule has 11 heteroatoms. The van der Waals surface area contributed by atoms with Crippen molar-refractivity contribution in [2.75, 3.05) is 25.0 Å². The fourth-order valence-electron chi connectivity index (χ4n) is 2.83. The highest BCUT2D eigenvalue weighted by atomic mass is 31.2. The SMILES string of the molecule is C[C@@H]1[C@@H](OCP(C)(C)=O)O[C@@H](n2cnc3c(NC(=O)C(C)(C)C)ncnc32)[C@H]1F. The fourth-order valence-corrected chi connectivity index (χ4v) is 3.34. The summed E-state index contributed by atoms with van der Waals surface area (Å²) in [4.78, 5) is 24.8. The van der Waals surface area contributed by atoms with Gasteiger partial charge in [0, 0.05) is 11.3 Å². The molecule has 2 aromatic heterocycles. The quantitative estimate of drug-likeness (QED) is 0.730. The zero-order chi connectivity index (χ0) is 21.6. The molecule has 1 amide bonds. The molecular formula is C18H27FN5O4P. The van der Waals surface area contributed by atoms with E-state index in [9.17, 15) is 13.8 Å². The van der Waals surface area contributed by atoms with Crippen LogP contribution in [0.25, 0.3) is 11.2 Å². The Morgan fingerprint density at radius 2 is 2.03 bits per heavy atom. The van der Waals surface area contributed by atoms with Crippen molar-refractivity contribution < 1.29 is 23.2 Å². The van der Waals surface area contributed by atoms with E-state index in [2.05, 4.69) is 20.3 Å². The maximum atomic E-state index is 15.0. The molecule has 1 N–H and O–H groups in total. The smallest absolute Gasteiger partial charge is 0.230 e. The molecule has 3 heterocycles. The number of carbonyl (C=O) groups excluding carboxylic acids is 1. The molecule has 2 aromatic rings. The normalized spacial score (nSPS) is 25.5. The van der Waals surface area contributed by atoms with Crippen LogP contribution < -0.4 is 5.32 Å². The van der Waals surface area contributed by atoms with E-state index < -0.39 is 37.2 Å². The number of rotatable bonds is 5. The van der Waals surface area contributed by atoms with Crippen molar-refractivity contribution in [2.24, 2.45) is 11.3 Å². The lowest BCUT2D eigenvalue weighted by atomic mass is 9.96. The Labute approximate surface area is 168 Å². The molecule has 0 radical (unpaired) electrons. The fraction of sp³-hybridized carbons (Fsp3) is 0.667. The van der Waals surface area contributed by atoms with E-state index in [1.807, 2.05) is 0 Å². The highest BCUT2D eigenvalue weighted by molar-refractivity contribution is 7.62. The van der Waals surface area contributed by atoms with Crippen LogP contribution in [-0.2, 0) is 18.8 Å². The minimum atomic E-state index is -2.42. The average Bonchev–Trinajstić information content (AvgIpc) is 3.15. The molecule has 9 nitrogen and oxygen atoms in total. The van der Waals surface area contributed by atoms with E-state index in [1.165, 1.54) is 17.2 Å². The minimum Gasteiger partial charge on any atom is -0.344 e. The summed E-state index contributed by atoms with van der Waals surface area (Å²) in [5, 5.41) is 2.74. The first kappa shape index (κ1) is 21.8. The van der Waals surface area contributed by atoms with Crippen molar-refractivity contribution in [2.45, 2.75) is 46.4 Å². The average molecular weight is 427 g/mol. The molecule has 0 unspecified atom stereocenters. The largest absolute Gasteiger partial charge is 0.344 e. The summed E-state index contributed by atoms with van der Waals surface area (Å²) in [6, 6.07) is 0. The Hall–Kier alpha value is -1.90. The van der Waals surface area contributed by atoms with E-state index >= 15 is 0 Å². The molecule has 3 rings (SSSR count). The predicted molar refractivity (Wildman–Crippen MR) is 107 cm³/mol. The monoisotopic (exact) mass is 427 g/mol. The maximum Gasteiger partial charge on any atom is 0.230 e. The number of amides is 1. The molecule has 0 aliphatic carbocycles. The number of hydrogen-bond donors (Lipinski definition) is 1. The Morgan fingerprint density at radius 1 is 1.34 bits per heavy atom. The molecule has 0 aromatic carbocycles.